The maximum Gasteiger partial charge on any atom is 0.129 e. The molecule has 118 valence electrons. The van der Waals surface area contributed by atoms with E-state index in [1.165, 1.54) is 6.07 Å². The molecule has 0 aliphatic carbocycles. The molecule has 3 rings (SSSR count). The van der Waals surface area contributed by atoms with E-state index in [9.17, 15) is 4.39 Å². The smallest absolute Gasteiger partial charge is 0.129 e. The van der Waals surface area contributed by atoms with Gasteiger partial charge in [0.1, 0.15) is 23.9 Å². The molecule has 0 saturated carbocycles. The Morgan fingerprint density at radius 1 is 1.23 bits per heavy atom. The van der Waals surface area contributed by atoms with E-state index in [2.05, 4.69) is 4.90 Å². The zero-order valence-corrected chi connectivity index (χ0v) is 12.4. The van der Waals surface area contributed by atoms with Crippen molar-refractivity contribution < 1.29 is 18.7 Å². The molecule has 0 bridgehead atoms. The van der Waals surface area contributed by atoms with Gasteiger partial charge in [0.25, 0.3) is 0 Å². The summed E-state index contributed by atoms with van der Waals surface area (Å²) in [5, 5.41) is 9.03. The molecule has 2 aromatic rings. The monoisotopic (exact) mass is 305 g/mol. The molecule has 1 atom stereocenters. The van der Waals surface area contributed by atoms with Crippen LogP contribution in [0.3, 0.4) is 0 Å². The van der Waals surface area contributed by atoms with Gasteiger partial charge in [-0.05, 0) is 36.2 Å². The van der Waals surface area contributed by atoms with E-state index in [0.29, 0.717) is 25.3 Å². The van der Waals surface area contributed by atoms with Gasteiger partial charge in [-0.1, -0.05) is 12.1 Å². The first-order valence-corrected chi connectivity index (χ1v) is 7.50. The van der Waals surface area contributed by atoms with Crippen molar-refractivity contribution in [2.24, 2.45) is 0 Å². The second-order valence-corrected chi connectivity index (χ2v) is 5.59. The third kappa shape index (κ3) is 3.94. The molecule has 0 spiro atoms. The third-order valence-corrected chi connectivity index (χ3v) is 3.83. The van der Waals surface area contributed by atoms with Crippen molar-refractivity contribution in [3.63, 3.8) is 0 Å². The number of halogens is 1. The summed E-state index contributed by atoms with van der Waals surface area (Å²) in [6, 6.07) is 10.3. The minimum atomic E-state index is -0.211. The molecule has 5 heteroatoms. The molecule has 4 nitrogen and oxygen atoms in total. The molecule has 2 heterocycles. The van der Waals surface area contributed by atoms with Gasteiger partial charge in [-0.25, -0.2) is 4.39 Å². The molecule has 0 amide bonds. The quantitative estimate of drug-likeness (QED) is 0.921. The van der Waals surface area contributed by atoms with Gasteiger partial charge in [-0.3, -0.25) is 4.90 Å². The van der Waals surface area contributed by atoms with Gasteiger partial charge in [0.15, 0.2) is 0 Å². The molecule has 1 unspecified atom stereocenters. The lowest BCUT2D eigenvalue weighted by Gasteiger charge is -2.32. The number of hydrogen-bond acceptors (Lipinski definition) is 4. The zero-order valence-electron chi connectivity index (χ0n) is 12.4. The fraction of sp³-hybridized carbons (Fsp3) is 0.412. The van der Waals surface area contributed by atoms with Crippen LogP contribution in [0.4, 0.5) is 4.39 Å². The molecule has 1 aromatic heterocycles. The number of rotatable bonds is 5. The van der Waals surface area contributed by atoms with Crippen LogP contribution in [0.1, 0.15) is 17.1 Å². The van der Waals surface area contributed by atoms with Crippen molar-refractivity contribution in [2.75, 3.05) is 19.7 Å². The minimum absolute atomic E-state index is 0.0582. The van der Waals surface area contributed by atoms with Crippen LogP contribution in [0.25, 0.3) is 0 Å². The van der Waals surface area contributed by atoms with Crippen LogP contribution in [0.5, 0.6) is 0 Å². The Balaban J connectivity index is 1.57. The molecule has 1 aliphatic rings. The average molecular weight is 305 g/mol. The van der Waals surface area contributed by atoms with Gasteiger partial charge in [0.05, 0.1) is 19.3 Å². The van der Waals surface area contributed by atoms with E-state index in [4.69, 9.17) is 14.3 Å². The molecule has 22 heavy (non-hydrogen) atoms. The van der Waals surface area contributed by atoms with Crippen LogP contribution in [0, 0.1) is 5.82 Å². The summed E-state index contributed by atoms with van der Waals surface area (Å²) in [6.07, 6.45) is 0.761. The lowest BCUT2D eigenvalue weighted by Crippen LogP contribution is -2.42. The van der Waals surface area contributed by atoms with Crippen molar-refractivity contribution >= 4 is 0 Å². The number of ether oxygens (including phenoxy) is 1. The molecular formula is C17H20FNO3. The second-order valence-electron chi connectivity index (χ2n) is 5.59. The van der Waals surface area contributed by atoms with Gasteiger partial charge >= 0.3 is 0 Å². The Kier molecular flexibility index (Phi) is 4.87. The first-order chi connectivity index (χ1) is 10.7. The van der Waals surface area contributed by atoms with Gasteiger partial charge < -0.3 is 14.3 Å². The Labute approximate surface area is 129 Å². The Hall–Kier alpha value is -1.69. The summed E-state index contributed by atoms with van der Waals surface area (Å²) < 4.78 is 24.5. The number of nitrogens with zero attached hydrogens (tertiary/aromatic N) is 1. The van der Waals surface area contributed by atoms with E-state index in [1.807, 2.05) is 12.1 Å². The topological polar surface area (TPSA) is 45.8 Å². The summed E-state index contributed by atoms with van der Waals surface area (Å²) in [6.45, 7) is 2.91. The summed E-state index contributed by atoms with van der Waals surface area (Å²) in [4.78, 5) is 2.26. The summed E-state index contributed by atoms with van der Waals surface area (Å²) in [7, 11) is 0. The van der Waals surface area contributed by atoms with Crippen LogP contribution >= 0.6 is 0 Å². The van der Waals surface area contributed by atoms with E-state index < -0.39 is 0 Å². The van der Waals surface area contributed by atoms with Crippen LogP contribution in [-0.4, -0.2) is 35.8 Å². The highest BCUT2D eigenvalue weighted by molar-refractivity contribution is 5.17. The Morgan fingerprint density at radius 3 is 2.86 bits per heavy atom. The summed E-state index contributed by atoms with van der Waals surface area (Å²) in [5.41, 5.74) is 0.951. The highest BCUT2D eigenvalue weighted by Crippen LogP contribution is 2.16. The lowest BCUT2D eigenvalue weighted by molar-refractivity contribution is -0.0324. The molecule has 1 fully saturated rings. The fourth-order valence-corrected chi connectivity index (χ4v) is 2.79. The number of morpholine rings is 1. The number of aliphatic hydroxyl groups is 1. The Morgan fingerprint density at radius 2 is 2.09 bits per heavy atom. The molecule has 1 N–H and O–H groups in total. The first kappa shape index (κ1) is 15.2. The van der Waals surface area contributed by atoms with Gasteiger partial charge in [0.2, 0.25) is 0 Å². The number of furan rings is 1. The maximum absolute atomic E-state index is 13.2. The van der Waals surface area contributed by atoms with E-state index >= 15 is 0 Å². The first-order valence-electron chi connectivity index (χ1n) is 7.50. The van der Waals surface area contributed by atoms with E-state index in [-0.39, 0.29) is 18.5 Å². The normalized spacial score (nSPS) is 19.5. The standard InChI is InChI=1S/C17H20FNO3/c18-14-3-1-2-13(8-14)9-17-11-19(6-7-21-17)10-15-4-5-16(12-20)22-15/h1-5,8,17,20H,6-7,9-12H2. The number of hydrogen-bond donors (Lipinski definition) is 1. The van der Waals surface area contributed by atoms with Crippen molar-refractivity contribution in [3.05, 3.63) is 59.3 Å². The van der Waals surface area contributed by atoms with E-state index in [1.54, 1.807) is 18.2 Å². The van der Waals surface area contributed by atoms with Crippen LogP contribution in [-0.2, 0) is 24.3 Å². The molecule has 1 saturated heterocycles. The van der Waals surface area contributed by atoms with E-state index in [0.717, 1.165) is 24.4 Å². The molecule has 1 aromatic carbocycles. The molecular weight excluding hydrogens is 285 g/mol. The SMILES string of the molecule is OCc1ccc(CN2CCOC(Cc3cccc(F)c3)C2)o1. The Bertz CT molecular complexity index is 613. The van der Waals surface area contributed by atoms with Crippen molar-refractivity contribution in [1.82, 2.24) is 4.90 Å². The predicted molar refractivity (Wildman–Crippen MR) is 79.8 cm³/mol. The third-order valence-electron chi connectivity index (χ3n) is 3.83. The largest absolute Gasteiger partial charge is 0.462 e. The van der Waals surface area contributed by atoms with Crippen LogP contribution in [0.2, 0.25) is 0 Å². The zero-order chi connectivity index (χ0) is 15.4. The minimum Gasteiger partial charge on any atom is -0.462 e. The van der Waals surface area contributed by atoms with Crippen molar-refractivity contribution in [1.29, 1.82) is 0 Å². The fourth-order valence-electron chi connectivity index (χ4n) is 2.79. The molecule has 1 aliphatic heterocycles. The van der Waals surface area contributed by atoms with Crippen LogP contribution < -0.4 is 0 Å². The number of benzene rings is 1. The van der Waals surface area contributed by atoms with Gasteiger partial charge in [0, 0.05) is 13.1 Å². The van der Waals surface area contributed by atoms with Crippen molar-refractivity contribution in [3.8, 4) is 0 Å². The van der Waals surface area contributed by atoms with Crippen LogP contribution in [0.15, 0.2) is 40.8 Å². The van der Waals surface area contributed by atoms with Crippen molar-refractivity contribution in [2.45, 2.75) is 25.7 Å². The highest BCUT2D eigenvalue weighted by atomic mass is 19.1. The van der Waals surface area contributed by atoms with Gasteiger partial charge in [-0.15, -0.1) is 0 Å². The average Bonchev–Trinajstić information content (AvgIpc) is 2.95. The van der Waals surface area contributed by atoms with Gasteiger partial charge in [-0.2, -0.15) is 0 Å². The second kappa shape index (κ2) is 7.05. The summed E-state index contributed by atoms with van der Waals surface area (Å²) >= 11 is 0. The number of aliphatic hydroxyl groups excluding tert-OH is 1. The molecule has 0 radical (unpaired) electrons. The maximum atomic E-state index is 13.2. The predicted octanol–water partition coefficient (Wildman–Crippen LogP) is 2.35. The highest BCUT2D eigenvalue weighted by Gasteiger charge is 2.21. The summed E-state index contributed by atoms with van der Waals surface area (Å²) in [5.74, 6) is 1.22. The lowest BCUT2D eigenvalue weighted by atomic mass is 10.1.